The van der Waals surface area contributed by atoms with Crippen LogP contribution >= 0.6 is 11.6 Å². The van der Waals surface area contributed by atoms with Crippen molar-refractivity contribution in [1.82, 2.24) is 0 Å². The molecule has 0 spiro atoms. The molecule has 0 heterocycles. The van der Waals surface area contributed by atoms with Gasteiger partial charge in [0.1, 0.15) is 0 Å². The molecule has 0 unspecified atom stereocenters. The van der Waals surface area contributed by atoms with Crippen LogP contribution in [0.1, 0.15) is 26.3 Å². The van der Waals surface area contributed by atoms with Crippen molar-refractivity contribution in [2.75, 3.05) is 12.4 Å². The van der Waals surface area contributed by atoms with E-state index in [0.717, 1.165) is 16.7 Å². The lowest BCUT2D eigenvalue weighted by molar-refractivity contribution is 0.0602. The van der Waals surface area contributed by atoms with Crippen LogP contribution in [0.15, 0.2) is 66.7 Å². The number of carbonyl (C=O) groups excluding carboxylic acids is 2. The van der Waals surface area contributed by atoms with Crippen LogP contribution in [0.3, 0.4) is 0 Å². The standard InChI is InChI=1S/C22H18ClNO3/c1-14-10-17(12-18(23)11-14)21(25)24-20-13-16(15-6-4-3-5-7-15)8-9-19(20)22(26)27-2/h3-13H,1-2H3,(H,24,25). The van der Waals surface area contributed by atoms with Crippen LogP contribution in [-0.2, 0) is 4.74 Å². The number of hydrogen-bond donors (Lipinski definition) is 1. The van der Waals surface area contributed by atoms with Gasteiger partial charge in [-0.1, -0.05) is 48.0 Å². The molecule has 0 atom stereocenters. The molecule has 0 bridgehead atoms. The first kappa shape index (κ1) is 18.7. The minimum absolute atomic E-state index is 0.282. The number of halogens is 1. The molecule has 3 rings (SSSR count). The van der Waals surface area contributed by atoms with Gasteiger partial charge in [0.2, 0.25) is 0 Å². The molecule has 0 saturated carbocycles. The highest BCUT2D eigenvalue weighted by molar-refractivity contribution is 6.31. The van der Waals surface area contributed by atoms with Crippen LogP contribution in [0.5, 0.6) is 0 Å². The Morgan fingerprint density at radius 3 is 2.33 bits per heavy atom. The predicted molar refractivity (Wildman–Crippen MR) is 107 cm³/mol. The van der Waals surface area contributed by atoms with E-state index in [2.05, 4.69) is 5.32 Å². The average molecular weight is 380 g/mol. The Bertz CT molecular complexity index is 979. The molecule has 0 saturated heterocycles. The number of rotatable bonds is 4. The third kappa shape index (κ3) is 4.36. The molecular formula is C22H18ClNO3. The van der Waals surface area contributed by atoms with Crippen LogP contribution in [0.4, 0.5) is 5.69 Å². The van der Waals surface area contributed by atoms with Gasteiger partial charge in [0.15, 0.2) is 0 Å². The first-order chi connectivity index (χ1) is 13.0. The van der Waals surface area contributed by atoms with Crippen molar-refractivity contribution in [1.29, 1.82) is 0 Å². The normalized spacial score (nSPS) is 10.3. The summed E-state index contributed by atoms with van der Waals surface area (Å²) in [6.45, 7) is 1.86. The Labute approximate surface area is 162 Å². The topological polar surface area (TPSA) is 55.4 Å². The highest BCUT2D eigenvalue weighted by atomic mass is 35.5. The molecule has 4 nitrogen and oxygen atoms in total. The monoisotopic (exact) mass is 379 g/mol. The van der Waals surface area contributed by atoms with Crippen molar-refractivity contribution in [2.24, 2.45) is 0 Å². The van der Waals surface area contributed by atoms with E-state index in [0.29, 0.717) is 16.3 Å². The minimum atomic E-state index is -0.521. The lowest BCUT2D eigenvalue weighted by atomic mass is 10.0. The zero-order valence-electron chi connectivity index (χ0n) is 15.0. The molecule has 1 N–H and O–H groups in total. The molecule has 0 radical (unpaired) electrons. The number of benzene rings is 3. The Morgan fingerprint density at radius 1 is 0.926 bits per heavy atom. The Balaban J connectivity index is 2.00. The molecule has 0 aliphatic carbocycles. The maximum atomic E-state index is 12.7. The summed E-state index contributed by atoms with van der Waals surface area (Å²) in [6, 6.07) is 20.0. The summed E-state index contributed by atoms with van der Waals surface area (Å²) in [5.74, 6) is -0.872. The van der Waals surface area contributed by atoms with Gasteiger partial charge in [0.05, 0.1) is 18.4 Å². The van der Waals surface area contributed by atoms with Crippen LogP contribution in [0.2, 0.25) is 5.02 Å². The molecule has 136 valence electrons. The highest BCUT2D eigenvalue weighted by Gasteiger charge is 2.16. The number of amides is 1. The van der Waals surface area contributed by atoms with Crippen molar-refractivity contribution in [3.05, 3.63) is 88.4 Å². The quantitative estimate of drug-likeness (QED) is 0.621. The molecule has 3 aromatic carbocycles. The van der Waals surface area contributed by atoms with Gasteiger partial charge in [-0.3, -0.25) is 4.79 Å². The molecule has 0 aromatic heterocycles. The molecular weight excluding hydrogens is 362 g/mol. The van der Waals surface area contributed by atoms with Crippen molar-refractivity contribution < 1.29 is 14.3 Å². The molecule has 0 aliphatic heterocycles. The van der Waals surface area contributed by atoms with E-state index in [1.165, 1.54) is 7.11 Å². The number of hydrogen-bond acceptors (Lipinski definition) is 3. The van der Waals surface area contributed by atoms with Crippen LogP contribution in [0.25, 0.3) is 11.1 Å². The first-order valence-corrected chi connectivity index (χ1v) is 8.72. The molecule has 27 heavy (non-hydrogen) atoms. The van der Waals surface area contributed by atoms with Gasteiger partial charge in [-0.05, 0) is 53.9 Å². The first-order valence-electron chi connectivity index (χ1n) is 8.34. The lowest BCUT2D eigenvalue weighted by Gasteiger charge is -2.13. The van der Waals surface area contributed by atoms with Crippen molar-refractivity contribution >= 4 is 29.2 Å². The van der Waals surface area contributed by atoms with Gasteiger partial charge in [-0.25, -0.2) is 4.79 Å². The van der Waals surface area contributed by atoms with E-state index in [1.54, 1.807) is 30.3 Å². The zero-order valence-corrected chi connectivity index (χ0v) is 15.7. The molecule has 3 aromatic rings. The van der Waals surface area contributed by atoms with Gasteiger partial charge < -0.3 is 10.1 Å². The maximum absolute atomic E-state index is 12.7. The number of nitrogens with one attached hydrogen (secondary N) is 1. The summed E-state index contributed by atoms with van der Waals surface area (Å²) in [4.78, 5) is 24.8. The Morgan fingerprint density at radius 2 is 1.67 bits per heavy atom. The Kier molecular flexibility index (Phi) is 5.57. The number of esters is 1. The summed E-state index contributed by atoms with van der Waals surface area (Å²) in [7, 11) is 1.30. The van der Waals surface area contributed by atoms with Gasteiger partial charge in [0.25, 0.3) is 5.91 Å². The third-order valence-electron chi connectivity index (χ3n) is 4.08. The van der Waals surface area contributed by atoms with Gasteiger partial charge in [-0.2, -0.15) is 0 Å². The minimum Gasteiger partial charge on any atom is -0.465 e. The van der Waals surface area contributed by atoms with Crippen molar-refractivity contribution in [2.45, 2.75) is 6.92 Å². The third-order valence-corrected chi connectivity index (χ3v) is 4.30. The van der Waals surface area contributed by atoms with Gasteiger partial charge in [0, 0.05) is 10.6 Å². The van der Waals surface area contributed by atoms with Crippen LogP contribution in [0, 0.1) is 6.92 Å². The summed E-state index contributed by atoms with van der Waals surface area (Å²) in [6.07, 6.45) is 0. The van der Waals surface area contributed by atoms with Crippen LogP contribution < -0.4 is 5.32 Å². The second-order valence-electron chi connectivity index (χ2n) is 6.09. The smallest absolute Gasteiger partial charge is 0.339 e. The van der Waals surface area contributed by atoms with E-state index in [4.69, 9.17) is 16.3 Å². The van der Waals surface area contributed by atoms with E-state index < -0.39 is 5.97 Å². The van der Waals surface area contributed by atoms with Crippen molar-refractivity contribution in [3.8, 4) is 11.1 Å². The van der Waals surface area contributed by atoms with Gasteiger partial charge >= 0.3 is 5.97 Å². The molecule has 5 heteroatoms. The number of anilines is 1. The van der Waals surface area contributed by atoms with E-state index in [1.807, 2.05) is 43.3 Å². The maximum Gasteiger partial charge on any atom is 0.339 e. The highest BCUT2D eigenvalue weighted by Crippen LogP contribution is 2.27. The molecule has 0 aliphatic rings. The second kappa shape index (κ2) is 8.06. The fraction of sp³-hybridized carbons (Fsp3) is 0.0909. The summed E-state index contributed by atoms with van der Waals surface area (Å²) < 4.78 is 4.84. The average Bonchev–Trinajstić information content (AvgIpc) is 2.67. The zero-order chi connectivity index (χ0) is 19.4. The van der Waals surface area contributed by atoms with E-state index in [9.17, 15) is 9.59 Å². The van der Waals surface area contributed by atoms with E-state index >= 15 is 0 Å². The molecule has 0 fully saturated rings. The summed E-state index contributed by atoms with van der Waals surface area (Å²) >= 11 is 6.05. The fourth-order valence-corrected chi connectivity index (χ4v) is 3.10. The van der Waals surface area contributed by atoms with Crippen molar-refractivity contribution in [3.63, 3.8) is 0 Å². The fourth-order valence-electron chi connectivity index (χ4n) is 2.81. The molecule has 1 amide bonds. The second-order valence-corrected chi connectivity index (χ2v) is 6.53. The number of ether oxygens (including phenoxy) is 1. The number of aryl methyl sites for hydroxylation is 1. The Hall–Kier alpha value is -3.11. The lowest BCUT2D eigenvalue weighted by Crippen LogP contribution is -2.15. The summed E-state index contributed by atoms with van der Waals surface area (Å²) in [5, 5.41) is 3.29. The van der Waals surface area contributed by atoms with Gasteiger partial charge in [-0.15, -0.1) is 0 Å². The number of methoxy groups -OCH3 is 1. The van der Waals surface area contributed by atoms with E-state index in [-0.39, 0.29) is 11.5 Å². The SMILES string of the molecule is COC(=O)c1ccc(-c2ccccc2)cc1NC(=O)c1cc(C)cc(Cl)c1. The van der Waals surface area contributed by atoms with Crippen LogP contribution in [-0.4, -0.2) is 19.0 Å². The largest absolute Gasteiger partial charge is 0.465 e. The summed E-state index contributed by atoms with van der Waals surface area (Å²) in [5.41, 5.74) is 3.80. The number of carbonyl (C=O) groups is 2. The predicted octanol–water partition coefficient (Wildman–Crippen LogP) is 5.35.